The number of nitrogens with zero attached hydrogens (tertiary/aromatic N) is 3. The van der Waals surface area contributed by atoms with Crippen molar-refractivity contribution < 1.29 is 13.5 Å². The van der Waals surface area contributed by atoms with Gasteiger partial charge in [0.05, 0.1) is 6.61 Å². The molecule has 0 fully saturated rings. The Morgan fingerprint density at radius 1 is 1.53 bits per heavy atom. The van der Waals surface area contributed by atoms with Crippen LogP contribution in [0.3, 0.4) is 0 Å². The van der Waals surface area contributed by atoms with E-state index in [0.717, 1.165) is 0 Å². The molecular formula is C10H19N3O3S. The molecule has 7 heteroatoms. The molecule has 1 aromatic rings. The fourth-order valence-electron chi connectivity index (χ4n) is 1.53. The summed E-state index contributed by atoms with van der Waals surface area (Å²) in [6, 6.07) is -0.213. The van der Waals surface area contributed by atoms with Crippen LogP contribution in [-0.4, -0.2) is 46.6 Å². The third-order valence-corrected chi connectivity index (χ3v) is 4.50. The predicted molar refractivity (Wildman–Crippen MR) is 64.1 cm³/mol. The summed E-state index contributed by atoms with van der Waals surface area (Å²) >= 11 is 0. The zero-order chi connectivity index (χ0) is 13.2. The molecule has 0 bridgehead atoms. The first-order chi connectivity index (χ1) is 7.80. The van der Waals surface area contributed by atoms with E-state index in [0.29, 0.717) is 5.82 Å². The van der Waals surface area contributed by atoms with E-state index in [1.54, 1.807) is 32.4 Å². The first-order valence-corrected chi connectivity index (χ1v) is 6.87. The highest BCUT2D eigenvalue weighted by Crippen LogP contribution is 2.16. The standard InChI is InChI=1S/C10H19N3O3S/c1-8(2)13(5-6-14)17(15,16)10-7-12(4)9(3)11-10/h7-8,14H,5-6H2,1-4H3. The number of aliphatic hydroxyl groups is 1. The van der Waals surface area contributed by atoms with Crippen molar-refractivity contribution in [1.82, 2.24) is 13.9 Å². The SMILES string of the molecule is Cc1nc(S(=O)(=O)N(CCO)C(C)C)cn1C. The van der Waals surface area contributed by atoms with Crippen molar-refractivity contribution in [3.8, 4) is 0 Å². The van der Waals surface area contributed by atoms with Crippen LogP contribution >= 0.6 is 0 Å². The number of imidazole rings is 1. The second-order valence-electron chi connectivity index (χ2n) is 4.17. The highest BCUT2D eigenvalue weighted by atomic mass is 32.2. The molecule has 6 nitrogen and oxygen atoms in total. The van der Waals surface area contributed by atoms with Crippen LogP contribution in [0.4, 0.5) is 0 Å². The van der Waals surface area contributed by atoms with Crippen molar-refractivity contribution in [2.45, 2.75) is 31.8 Å². The normalized spacial score (nSPS) is 12.6. The van der Waals surface area contributed by atoms with Gasteiger partial charge in [0.2, 0.25) is 0 Å². The molecule has 0 radical (unpaired) electrons. The number of rotatable bonds is 5. The third-order valence-electron chi connectivity index (χ3n) is 2.56. The Balaban J connectivity index is 3.16. The van der Waals surface area contributed by atoms with Gasteiger partial charge in [0.25, 0.3) is 10.0 Å². The number of hydrogen-bond donors (Lipinski definition) is 1. The lowest BCUT2D eigenvalue weighted by molar-refractivity contribution is 0.236. The molecule has 1 rings (SSSR count). The number of hydrogen-bond acceptors (Lipinski definition) is 4. The predicted octanol–water partition coefficient (Wildman–Crippen LogP) is 0.120. The lowest BCUT2D eigenvalue weighted by Gasteiger charge is -2.23. The van der Waals surface area contributed by atoms with Gasteiger partial charge in [-0.15, -0.1) is 0 Å². The highest BCUT2D eigenvalue weighted by molar-refractivity contribution is 7.89. The first-order valence-electron chi connectivity index (χ1n) is 5.43. The minimum Gasteiger partial charge on any atom is -0.395 e. The molecule has 0 saturated heterocycles. The lowest BCUT2D eigenvalue weighted by atomic mass is 10.4. The van der Waals surface area contributed by atoms with Crippen LogP contribution in [0, 0.1) is 6.92 Å². The first kappa shape index (κ1) is 14.1. The lowest BCUT2D eigenvalue weighted by Crippen LogP contribution is -2.39. The molecule has 0 aromatic carbocycles. The maximum Gasteiger partial charge on any atom is 0.262 e. The molecule has 1 N–H and O–H groups in total. The average Bonchev–Trinajstić information content (AvgIpc) is 2.55. The number of aryl methyl sites for hydroxylation is 2. The molecule has 0 spiro atoms. The number of sulfonamides is 1. The Kier molecular flexibility index (Phi) is 4.29. The van der Waals surface area contributed by atoms with E-state index >= 15 is 0 Å². The van der Waals surface area contributed by atoms with Crippen molar-refractivity contribution in [2.75, 3.05) is 13.2 Å². The second kappa shape index (κ2) is 5.16. The molecule has 1 heterocycles. The van der Waals surface area contributed by atoms with E-state index in [1.165, 1.54) is 10.5 Å². The zero-order valence-corrected chi connectivity index (χ0v) is 11.4. The molecular weight excluding hydrogens is 242 g/mol. The highest BCUT2D eigenvalue weighted by Gasteiger charge is 2.28. The van der Waals surface area contributed by atoms with Gasteiger partial charge in [0.1, 0.15) is 5.82 Å². The summed E-state index contributed by atoms with van der Waals surface area (Å²) in [5.74, 6) is 0.635. The van der Waals surface area contributed by atoms with Crippen LogP contribution in [0.25, 0.3) is 0 Å². The van der Waals surface area contributed by atoms with Gasteiger partial charge >= 0.3 is 0 Å². The van der Waals surface area contributed by atoms with Gasteiger partial charge in [-0.05, 0) is 20.8 Å². The van der Waals surface area contributed by atoms with E-state index in [9.17, 15) is 8.42 Å². The van der Waals surface area contributed by atoms with Gasteiger partial charge in [-0.3, -0.25) is 0 Å². The van der Waals surface area contributed by atoms with E-state index in [2.05, 4.69) is 4.98 Å². The Morgan fingerprint density at radius 2 is 2.12 bits per heavy atom. The van der Waals surface area contributed by atoms with Crippen molar-refractivity contribution >= 4 is 10.0 Å². The summed E-state index contributed by atoms with van der Waals surface area (Å²) in [4.78, 5) is 4.02. The van der Waals surface area contributed by atoms with Crippen LogP contribution in [0.15, 0.2) is 11.2 Å². The van der Waals surface area contributed by atoms with Crippen molar-refractivity contribution in [1.29, 1.82) is 0 Å². The van der Waals surface area contributed by atoms with Gasteiger partial charge in [-0.1, -0.05) is 0 Å². The van der Waals surface area contributed by atoms with Crippen LogP contribution in [0.5, 0.6) is 0 Å². The Labute approximate surface area is 102 Å². The fraction of sp³-hybridized carbons (Fsp3) is 0.700. The Hall–Kier alpha value is -0.920. The molecule has 17 heavy (non-hydrogen) atoms. The van der Waals surface area contributed by atoms with Gasteiger partial charge in [0.15, 0.2) is 5.03 Å². The molecule has 0 aliphatic heterocycles. The van der Waals surface area contributed by atoms with E-state index in [1.807, 2.05) is 0 Å². The quantitative estimate of drug-likeness (QED) is 0.817. The van der Waals surface area contributed by atoms with Crippen molar-refractivity contribution in [3.05, 3.63) is 12.0 Å². The molecule has 98 valence electrons. The molecule has 0 saturated carbocycles. The topological polar surface area (TPSA) is 75.4 Å². The van der Waals surface area contributed by atoms with Gasteiger partial charge < -0.3 is 9.67 Å². The molecule has 0 amide bonds. The van der Waals surface area contributed by atoms with Gasteiger partial charge in [0, 0.05) is 25.8 Å². The molecule has 0 aliphatic carbocycles. The Morgan fingerprint density at radius 3 is 2.47 bits per heavy atom. The van der Waals surface area contributed by atoms with Crippen LogP contribution in [0.2, 0.25) is 0 Å². The molecule has 0 aliphatic rings. The molecule has 0 atom stereocenters. The average molecular weight is 261 g/mol. The summed E-state index contributed by atoms with van der Waals surface area (Å²) in [7, 11) is -1.88. The summed E-state index contributed by atoms with van der Waals surface area (Å²) in [5, 5.41) is 8.95. The van der Waals surface area contributed by atoms with Gasteiger partial charge in [-0.25, -0.2) is 13.4 Å². The number of aliphatic hydroxyl groups excluding tert-OH is 1. The second-order valence-corrected chi connectivity index (χ2v) is 6.01. The fourth-order valence-corrected chi connectivity index (χ4v) is 3.18. The van der Waals surface area contributed by atoms with E-state index in [4.69, 9.17) is 5.11 Å². The minimum absolute atomic E-state index is 0.0275. The van der Waals surface area contributed by atoms with Crippen molar-refractivity contribution in [3.63, 3.8) is 0 Å². The zero-order valence-electron chi connectivity index (χ0n) is 10.6. The molecule has 1 aromatic heterocycles. The third kappa shape index (κ3) is 2.85. The summed E-state index contributed by atoms with van der Waals surface area (Å²) in [5.41, 5.74) is 0. The maximum atomic E-state index is 12.3. The summed E-state index contributed by atoms with van der Waals surface area (Å²) in [6.45, 7) is 5.15. The minimum atomic E-state index is -3.62. The summed E-state index contributed by atoms with van der Waals surface area (Å²) in [6.07, 6.45) is 1.48. The molecule has 0 unspecified atom stereocenters. The van der Waals surface area contributed by atoms with Crippen LogP contribution in [0.1, 0.15) is 19.7 Å². The van der Waals surface area contributed by atoms with E-state index in [-0.39, 0.29) is 24.2 Å². The summed E-state index contributed by atoms with van der Waals surface area (Å²) < 4.78 is 27.4. The monoisotopic (exact) mass is 261 g/mol. The van der Waals surface area contributed by atoms with E-state index < -0.39 is 10.0 Å². The smallest absolute Gasteiger partial charge is 0.262 e. The Bertz CT molecular complexity index is 459. The van der Waals surface area contributed by atoms with Crippen LogP contribution < -0.4 is 0 Å². The maximum absolute atomic E-state index is 12.3. The number of aromatic nitrogens is 2. The van der Waals surface area contributed by atoms with Crippen molar-refractivity contribution in [2.24, 2.45) is 7.05 Å². The van der Waals surface area contributed by atoms with Gasteiger partial charge in [-0.2, -0.15) is 4.31 Å². The largest absolute Gasteiger partial charge is 0.395 e. The van der Waals surface area contributed by atoms with Crippen LogP contribution in [-0.2, 0) is 17.1 Å².